The Bertz CT molecular complexity index is 845. The van der Waals surface area contributed by atoms with Gasteiger partial charge in [-0.2, -0.15) is 5.10 Å². The summed E-state index contributed by atoms with van der Waals surface area (Å²) >= 11 is 0. The van der Waals surface area contributed by atoms with Gasteiger partial charge in [0.15, 0.2) is 5.82 Å². The van der Waals surface area contributed by atoms with Crippen molar-refractivity contribution in [2.75, 3.05) is 11.4 Å². The largest absolute Gasteiger partial charge is 0.486 e. The zero-order chi connectivity index (χ0) is 16.8. The zero-order valence-electron chi connectivity index (χ0n) is 13.6. The predicted molar refractivity (Wildman–Crippen MR) is 87.2 cm³/mol. The molecular formula is C16H19N3O3S. The van der Waals surface area contributed by atoms with Crippen LogP contribution in [0.4, 0.5) is 5.82 Å². The van der Waals surface area contributed by atoms with Crippen molar-refractivity contribution in [2.24, 2.45) is 0 Å². The molecule has 1 aromatic heterocycles. The summed E-state index contributed by atoms with van der Waals surface area (Å²) < 4.78 is 32.9. The van der Waals surface area contributed by atoms with E-state index >= 15 is 0 Å². The number of fused-ring (bicyclic) bond motifs is 1. The van der Waals surface area contributed by atoms with E-state index in [1.807, 2.05) is 19.9 Å². The molecule has 6 nitrogen and oxygen atoms in total. The molecule has 2 heterocycles. The molecular weight excluding hydrogens is 314 g/mol. The Kier molecular flexibility index (Phi) is 3.55. The maximum atomic E-state index is 13.0. The van der Waals surface area contributed by atoms with Crippen molar-refractivity contribution in [3.05, 3.63) is 41.6 Å². The molecule has 0 N–H and O–H groups in total. The third-order valence-corrected chi connectivity index (χ3v) is 5.59. The third kappa shape index (κ3) is 2.76. The average Bonchev–Trinajstić information content (AvgIpc) is 2.80. The number of nitrogens with zero attached hydrogens (tertiary/aromatic N) is 3. The van der Waals surface area contributed by atoms with Gasteiger partial charge in [0.2, 0.25) is 0 Å². The molecule has 0 saturated carbocycles. The minimum Gasteiger partial charge on any atom is -0.486 e. The number of aryl methyl sites for hydroxylation is 1. The Morgan fingerprint density at radius 1 is 1.17 bits per heavy atom. The van der Waals surface area contributed by atoms with Crippen molar-refractivity contribution < 1.29 is 13.2 Å². The number of hydrogen-bond acceptors (Lipinski definition) is 5. The average molecular weight is 333 g/mol. The molecule has 0 atom stereocenters. The normalized spacial score (nSPS) is 15.8. The maximum absolute atomic E-state index is 13.0. The summed E-state index contributed by atoms with van der Waals surface area (Å²) in [6.45, 7) is 5.68. The predicted octanol–water partition coefficient (Wildman–Crippen LogP) is 2.32. The van der Waals surface area contributed by atoms with E-state index in [9.17, 15) is 8.42 Å². The zero-order valence-corrected chi connectivity index (χ0v) is 14.4. The lowest BCUT2D eigenvalue weighted by atomic mass is 10.0. The highest BCUT2D eigenvalue weighted by molar-refractivity contribution is 7.92. The highest BCUT2D eigenvalue weighted by Crippen LogP contribution is 2.40. The first-order chi connectivity index (χ1) is 10.7. The van der Waals surface area contributed by atoms with Crippen molar-refractivity contribution in [2.45, 2.75) is 37.7 Å². The highest BCUT2D eigenvalue weighted by Gasteiger charge is 2.36. The lowest BCUT2D eigenvalue weighted by molar-refractivity contribution is 0.135. The summed E-state index contributed by atoms with van der Waals surface area (Å²) in [6, 6.07) is 8.56. The molecule has 7 heteroatoms. The van der Waals surface area contributed by atoms with E-state index in [1.165, 1.54) is 7.05 Å². The van der Waals surface area contributed by atoms with Gasteiger partial charge in [-0.05, 0) is 44.5 Å². The molecule has 0 aliphatic carbocycles. The van der Waals surface area contributed by atoms with Gasteiger partial charge in [-0.25, -0.2) is 8.42 Å². The van der Waals surface area contributed by atoms with E-state index in [4.69, 9.17) is 4.74 Å². The van der Waals surface area contributed by atoms with E-state index in [0.717, 1.165) is 15.6 Å². The molecule has 0 saturated heterocycles. The Morgan fingerprint density at radius 3 is 2.57 bits per heavy atom. The van der Waals surface area contributed by atoms with Crippen LogP contribution < -0.4 is 9.04 Å². The van der Waals surface area contributed by atoms with Crippen LogP contribution in [0.1, 0.15) is 25.1 Å². The number of rotatable bonds is 3. The molecule has 122 valence electrons. The van der Waals surface area contributed by atoms with Crippen molar-refractivity contribution in [3.63, 3.8) is 0 Å². The molecule has 0 fully saturated rings. The Labute approximate surface area is 136 Å². The topological polar surface area (TPSA) is 72.4 Å². The van der Waals surface area contributed by atoms with Crippen molar-refractivity contribution in [1.29, 1.82) is 0 Å². The fraction of sp³-hybridized carbons (Fsp3) is 0.375. The van der Waals surface area contributed by atoms with Gasteiger partial charge in [-0.1, -0.05) is 12.1 Å². The summed E-state index contributed by atoms with van der Waals surface area (Å²) in [5, 5.41) is 7.86. The van der Waals surface area contributed by atoms with Gasteiger partial charge in [0.1, 0.15) is 16.2 Å². The number of para-hydroxylation sites is 1. The van der Waals surface area contributed by atoms with Crippen LogP contribution in [0.2, 0.25) is 0 Å². The third-order valence-electron chi connectivity index (χ3n) is 3.80. The van der Waals surface area contributed by atoms with Crippen LogP contribution in [0, 0.1) is 6.92 Å². The first kappa shape index (κ1) is 15.7. The summed E-state index contributed by atoms with van der Waals surface area (Å²) in [5.74, 6) is 0.704. The van der Waals surface area contributed by atoms with Crippen LogP contribution in [0.5, 0.6) is 5.75 Å². The molecule has 2 aromatic rings. The van der Waals surface area contributed by atoms with Gasteiger partial charge < -0.3 is 4.74 Å². The number of benzene rings is 1. The summed E-state index contributed by atoms with van der Waals surface area (Å²) in [4.78, 5) is 0.158. The number of sulfonamides is 1. The molecule has 0 radical (unpaired) electrons. The Morgan fingerprint density at radius 2 is 1.91 bits per heavy atom. The molecule has 0 spiro atoms. The van der Waals surface area contributed by atoms with E-state index in [2.05, 4.69) is 10.2 Å². The standard InChI is InChI=1S/C16H19N3O3S/c1-11-8-9-14(18-17-11)19(4)23(20,21)13-7-5-6-12-10-16(2,3)22-15(12)13/h5-9H,10H2,1-4H3. The quantitative estimate of drug-likeness (QED) is 0.862. The molecule has 0 bridgehead atoms. The molecule has 0 amide bonds. The monoisotopic (exact) mass is 333 g/mol. The maximum Gasteiger partial charge on any atom is 0.268 e. The Balaban J connectivity index is 2.05. The van der Waals surface area contributed by atoms with Gasteiger partial charge >= 0.3 is 0 Å². The van der Waals surface area contributed by atoms with Crippen molar-refractivity contribution in [3.8, 4) is 5.75 Å². The van der Waals surface area contributed by atoms with Crippen LogP contribution in [-0.2, 0) is 16.4 Å². The second kappa shape index (κ2) is 5.19. The molecule has 3 rings (SSSR count). The lowest BCUT2D eigenvalue weighted by Gasteiger charge is -2.21. The number of ether oxygens (including phenoxy) is 1. The minimum absolute atomic E-state index is 0.158. The van der Waals surface area contributed by atoms with Gasteiger partial charge in [0.25, 0.3) is 10.0 Å². The minimum atomic E-state index is -3.77. The SMILES string of the molecule is Cc1ccc(N(C)S(=O)(=O)c2cccc3c2OC(C)(C)C3)nn1. The number of anilines is 1. The fourth-order valence-corrected chi connectivity index (χ4v) is 3.92. The number of hydrogen-bond donors (Lipinski definition) is 0. The first-order valence-corrected chi connectivity index (χ1v) is 8.75. The van der Waals surface area contributed by atoms with Crippen molar-refractivity contribution >= 4 is 15.8 Å². The number of aromatic nitrogens is 2. The van der Waals surface area contributed by atoms with Crippen LogP contribution in [-0.4, -0.2) is 31.3 Å². The fourth-order valence-electron chi connectivity index (χ4n) is 2.62. The van der Waals surface area contributed by atoms with E-state index in [1.54, 1.807) is 31.2 Å². The summed E-state index contributed by atoms with van der Waals surface area (Å²) in [7, 11) is -2.31. The second-order valence-corrected chi connectivity index (χ2v) is 8.23. The highest BCUT2D eigenvalue weighted by atomic mass is 32.2. The smallest absolute Gasteiger partial charge is 0.268 e. The Hall–Kier alpha value is -2.15. The molecule has 1 aliphatic heterocycles. The van der Waals surface area contributed by atoms with Crippen LogP contribution in [0.15, 0.2) is 35.2 Å². The second-order valence-electron chi connectivity index (χ2n) is 6.29. The van der Waals surface area contributed by atoms with E-state index < -0.39 is 15.6 Å². The lowest BCUT2D eigenvalue weighted by Crippen LogP contribution is -2.29. The van der Waals surface area contributed by atoms with Gasteiger partial charge in [0.05, 0.1) is 5.69 Å². The molecule has 1 aliphatic rings. The molecule has 1 aromatic carbocycles. The molecule has 23 heavy (non-hydrogen) atoms. The first-order valence-electron chi connectivity index (χ1n) is 7.31. The van der Waals surface area contributed by atoms with Crippen LogP contribution >= 0.6 is 0 Å². The van der Waals surface area contributed by atoms with E-state index in [0.29, 0.717) is 12.2 Å². The van der Waals surface area contributed by atoms with E-state index in [-0.39, 0.29) is 10.7 Å². The molecule has 0 unspecified atom stereocenters. The van der Waals surface area contributed by atoms with Crippen LogP contribution in [0.25, 0.3) is 0 Å². The summed E-state index contributed by atoms with van der Waals surface area (Å²) in [5.41, 5.74) is 1.22. The van der Waals surface area contributed by atoms with Crippen LogP contribution in [0.3, 0.4) is 0 Å². The van der Waals surface area contributed by atoms with Gasteiger partial charge in [-0.15, -0.1) is 5.10 Å². The van der Waals surface area contributed by atoms with Crippen molar-refractivity contribution in [1.82, 2.24) is 10.2 Å². The van der Waals surface area contributed by atoms with Gasteiger partial charge in [0, 0.05) is 13.5 Å². The van der Waals surface area contributed by atoms with Gasteiger partial charge in [-0.3, -0.25) is 4.31 Å². The summed E-state index contributed by atoms with van der Waals surface area (Å²) in [6.07, 6.45) is 0.680.